The molecule has 0 spiro atoms. The van der Waals surface area contributed by atoms with E-state index < -0.39 is 29.5 Å². The van der Waals surface area contributed by atoms with Crippen molar-refractivity contribution in [2.75, 3.05) is 0 Å². The highest BCUT2D eigenvalue weighted by Crippen LogP contribution is 2.30. The van der Waals surface area contributed by atoms with Gasteiger partial charge in [-0.05, 0) is 51.7 Å². The molecule has 8 nitrogen and oxygen atoms in total. The molecule has 1 heterocycles. The van der Waals surface area contributed by atoms with Gasteiger partial charge in [0.15, 0.2) is 0 Å². The van der Waals surface area contributed by atoms with Gasteiger partial charge in [0.2, 0.25) is 0 Å². The summed E-state index contributed by atoms with van der Waals surface area (Å²) in [5.74, 6) is -2.12. The number of carbonyl (C=O) groups is 4. The second kappa shape index (κ2) is 7.61. The fraction of sp³-hybridized carbons (Fsp3) is 0.500. The van der Waals surface area contributed by atoms with Gasteiger partial charge in [-0.25, -0.2) is 9.59 Å². The molecule has 0 aromatic heterocycles. The number of nitrogens with zero attached hydrogens (tertiary/aromatic N) is 1. The Labute approximate surface area is 163 Å². The molecule has 0 bridgehead atoms. The van der Waals surface area contributed by atoms with Crippen LogP contribution in [0, 0.1) is 5.92 Å². The minimum Gasteiger partial charge on any atom is -0.444 e. The van der Waals surface area contributed by atoms with Gasteiger partial charge in [0.25, 0.3) is 11.8 Å². The van der Waals surface area contributed by atoms with Crippen molar-refractivity contribution >= 4 is 23.9 Å². The monoisotopic (exact) mass is 388 g/mol. The zero-order valence-corrected chi connectivity index (χ0v) is 16.2. The number of benzene rings is 1. The lowest BCUT2D eigenvalue weighted by Crippen LogP contribution is -2.42. The van der Waals surface area contributed by atoms with E-state index >= 15 is 0 Å². The Balaban J connectivity index is 1.57. The molecule has 1 aliphatic carbocycles. The Hall–Kier alpha value is -2.90. The Morgan fingerprint density at radius 1 is 1.11 bits per heavy atom. The average molecular weight is 388 g/mol. The maximum absolute atomic E-state index is 12.3. The molecule has 1 aliphatic heterocycles. The lowest BCUT2D eigenvalue weighted by molar-refractivity contribution is -0.169. The fourth-order valence-corrected chi connectivity index (χ4v) is 3.53. The highest BCUT2D eigenvalue weighted by molar-refractivity contribution is 6.20. The molecule has 1 fully saturated rings. The summed E-state index contributed by atoms with van der Waals surface area (Å²) in [6.07, 6.45) is 1.78. The van der Waals surface area contributed by atoms with Gasteiger partial charge in [-0.1, -0.05) is 23.6 Å². The molecule has 2 aliphatic rings. The second-order valence-electron chi connectivity index (χ2n) is 8.06. The summed E-state index contributed by atoms with van der Waals surface area (Å²) >= 11 is 0. The summed E-state index contributed by atoms with van der Waals surface area (Å²) < 4.78 is 5.26. The third-order valence-electron chi connectivity index (χ3n) is 4.74. The van der Waals surface area contributed by atoms with Gasteiger partial charge in [-0.15, -0.1) is 0 Å². The normalized spacial score (nSPS) is 21.5. The minimum absolute atomic E-state index is 0.00608. The van der Waals surface area contributed by atoms with Crippen LogP contribution in [0.4, 0.5) is 4.79 Å². The summed E-state index contributed by atoms with van der Waals surface area (Å²) in [4.78, 5) is 54.0. The van der Waals surface area contributed by atoms with E-state index in [1.165, 1.54) is 12.1 Å². The van der Waals surface area contributed by atoms with E-state index in [1.54, 1.807) is 32.9 Å². The van der Waals surface area contributed by atoms with Crippen LogP contribution in [-0.2, 0) is 14.4 Å². The van der Waals surface area contributed by atoms with Crippen LogP contribution >= 0.6 is 0 Å². The van der Waals surface area contributed by atoms with E-state index in [2.05, 4.69) is 5.32 Å². The first-order valence-electron chi connectivity index (χ1n) is 9.34. The number of amides is 3. The zero-order chi connectivity index (χ0) is 20.5. The van der Waals surface area contributed by atoms with Crippen LogP contribution in [0.15, 0.2) is 24.3 Å². The summed E-state index contributed by atoms with van der Waals surface area (Å²) in [5, 5.41) is 3.31. The summed E-state index contributed by atoms with van der Waals surface area (Å²) in [6, 6.07) is 6.09. The molecule has 1 saturated carbocycles. The van der Waals surface area contributed by atoms with Gasteiger partial charge in [-0.2, -0.15) is 0 Å². The average Bonchev–Trinajstić information content (AvgIpc) is 3.12. The van der Waals surface area contributed by atoms with Gasteiger partial charge in [0, 0.05) is 6.04 Å². The first-order chi connectivity index (χ1) is 13.2. The first-order valence-corrected chi connectivity index (χ1v) is 9.34. The number of carbonyl (C=O) groups excluding carboxylic acids is 4. The number of rotatable bonds is 4. The van der Waals surface area contributed by atoms with Gasteiger partial charge >= 0.3 is 12.1 Å². The summed E-state index contributed by atoms with van der Waals surface area (Å²) in [7, 11) is 0. The van der Waals surface area contributed by atoms with Crippen LogP contribution in [0.2, 0.25) is 0 Å². The van der Waals surface area contributed by atoms with Crippen molar-refractivity contribution in [2.45, 2.75) is 58.1 Å². The molecule has 2 atom stereocenters. The molecule has 1 aromatic rings. The summed E-state index contributed by atoms with van der Waals surface area (Å²) in [5.41, 5.74) is -0.181. The van der Waals surface area contributed by atoms with Gasteiger partial charge in [0.05, 0.1) is 17.5 Å². The fourth-order valence-electron chi connectivity index (χ4n) is 3.53. The van der Waals surface area contributed by atoms with E-state index in [9.17, 15) is 19.2 Å². The third kappa shape index (κ3) is 4.32. The predicted molar refractivity (Wildman–Crippen MR) is 98.1 cm³/mol. The van der Waals surface area contributed by atoms with E-state index in [-0.39, 0.29) is 29.5 Å². The Kier molecular flexibility index (Phi) is 5.40. The number of hydrogen-bond donors (Lipinski definition) is 1. The topological polar surface area (TPSA) is 102 Å². The molecule has 3 amide bonds. The third-order valence-corrected chi connectivity index (χ3v) is 4.74. The number of hydroxylamine groups is 2. The van der Waals surface area contributed by atoms with E-state index in [0.29, 0.717) is 5.06 Å². The molecule has 3 rings (SSSR count). The maximum atomic E-state index is 12.3. The molecular weight excluding hydrogens is 364 g/mol. The lowest BCUT2D eigenvalue weighted by atomic mass is 10.00. The van der Waals surface area contributed by atoms with Crippen LogP contribution in [0.25, 0.3) is 0 Å². The van der Waals surface area contributed by atoms with Crippen LogP contribution in [0.5, 0.6) is 0 Å². The number of hydrogen-bond acceptors (Lipinski definition) is 6. The molecule has 0 saturated heterocycles. The minimum atomic E-state index is -0.683. The highest BCUT2D eigenvalue weighted by Gasteiger charge is 2.39. The van der Waals surface area contributed by atoms with Crippen molar-refractivity contribution in [3.63, 3.8) is 0 Å². The number of alkyl carbamates (subject to hydrolysis) is 1. The number of nitrogens with one attached hydrogen (secondary N) is 1. The largest absolute Gasteiger partial charge is 0.444 e. The predicted octanol–water partition coefficient (Wildman–Crippen LogP) is 2.82. The molecule has 1 N–H and O–H groups in total. The molecule has 0 radical (unpaired) electrons. The number of imide groups is 1. The standard InChI is InChI=1S/C20H24N2O6/c1-20(2,3)27-19(26)21-15-10-6-7-12(15)11-16(23)28-22-17(24)13-8-4-5-9-14(13)18(22)25/h4-5,8-9,12,15H,6-7,10-11H2,1-3H3,(H,21,26)/t12-,15+/m0/s1. The van der Waals surface area contributed by atoms with Crippen LogP contribution in [0.1, 0.15) is 67.2 Å². The van der Waals surface area contributed by atoms with Crippen LogP contribution < -0.4 is 5.32 Å². The van der Waals surface area contributed by atoms with Crippen molar-refractivity contribution in [3.8, 4) is 0 Å². The number of ether oxygens (including phenoxy) is 1. The van der Waals surface area contributed by atoms with E-state index in [1.807, 2.05) is 0 Å². The molecule has 28 heavy (non-hydrogen) atoms. The second-order valence-corrected chi connectivity index (χ2v) is 8.06. The molecular formula is C20H24N2O6. The molecule has 0 unspecified atom stereocenters. The maximum Gasteiger partial charge on any atom is 0.407 e. The van der Waals surface area contributed by atoms with Crippen molar-refractivity contribution in [1.29, 1.82) is 0 Å². The number of fused-ring (bicyclic) bond motifs is 1. The zero-order valence-electron chi connectivity index (χ0n) is 16.2. The SMILES string of the molecule is CC(C)(C)OC(=O)N[C@@H]1CCC[C@H]1CC(=O)ON1C(=O)c2ccccc2C1=O. The van der Waals surface area contributed by atoms with Crippen molar-refractivity contribution in [1.82, 2.24) is 10.4 Å². The van der Waals surface area contributed by atoms with Crippen LogP contribution in [-0.4, -0.2) is 40.6 Å². The lowest BCUT2D eigenvalue weighted by Gasteiger charge is -2.24. The Morgan fingerprint density at radius 2 is 1.71 bits per heavy atom. The van der Waals surface area contributed by atoms with Crippen molar-refractivity contribution < 1.29 is 28.8 Å². The first kappa shape index (κ1) is 19.9. The molecule has 150 valence electrons. The van der Waals surface area contributed by atoms with Crippen molar-refractivity contribution in [2.24, 2.45) is 5.92 Å². The summed E-state index contributed by atoms with van der Waals surface area (Å²) in [6.45, 7) is 5.33. The van der Waals surface area contributed by atoms with Gasteiger partial charge in [0.1, 0.15) is 5.60 Å². The van der Waals surface area contributed by atoms with Gasteiger partial charge in [-0.3, -0.25) is 9.59 Å². The quantitative estimate of drug-likeness (QED) is 0.796. The van der Waals surface area contributed by atoms with Crippen LogP contribution in [0.3, 0.4) is 0 Å². The van der Waals surface area contributed by atoms with E-state index in [4.69, 9.17) is 9.57 Å². The highest BCUT2D eigenvalue weighted by atomic mass is 16.7. The van der Waals surface area contributed by atoms with E-state index in [0.717, 1.165) is 19.3 Å². The molecule has 1 aromatic carbocycles. The Bertz CT molecular complexity index is 778. The van der Waals surface area contributed by atoms with Crippen molar-refractivity contribution in [3.05, 3.63) is 35.4 Å². The van der Waals surface area contributed by atoms with Gasteiger partial charge < -0.3 is 14.9 Å². The Morgan fingerprint density at radius 3 is 2.29 bits per heavy atom. The smallest absolute Gasteiger partial charge is 0.407 e. The molecule has 8 heteroatoms.